The van der Waals surface area contributed by atoms with Crippen LogP contribution in [0.5, 0.6) is 5.75 Å². The minimum absolute atomic E-state index is 0.0186. The molecule has 0 atom stereocenters. The minimum atomic E-state index is -0.970. The van der Waals surface area contributed by atoms with Crippen molar-refractivity contribution in [2.24, 2.45) is 5.92 Å². The molecule has 47 heavy (non-hydrogen) atoms. The van der Waals surface area contributed by atoms with Gasteiger partial charge in [-0.15, -0.1) is 11.3 Å². The number of benzene rings is 3. The highest BCUT2D eigenvalue weighted by Crippen LogP contribution is 2.41. The zero-order chi connectivity index (χ0) is 34.0. The van der Waals surface area contributed by atoms with Crippen molar-refractivity contribution < 1.29 is 28.2 Å². The van der Waals surface area contributed by atoms with Gasteiger partial charge in [-0.25, -0.2) is 13.6 Å². The first-order valence-electron chi connectivity index (χ1n) is 15.4. The van der Waals surface area contributed by atoms with E-state index in [0.29, 0.717) is 49.1 Å². The molecule has 1 N–H and O–H groups in total. The predicted molar refractivity (Wildman–Crippen MR) is 180 cm³/mol. The van der Waals surface area contributed by atoms with Gasteiger partial charge in [0, 0.05) is 30.2 Å². The highest BCUT2D eigenvalue weighted by Gasteiger charge is 2.35. The van der Waals surface area contributed by atoms with E-state index in [1.54, 1.807) is 30.2 Å². The first-order valence-corrected chi connectivity index (χ1v) is 16.6. The van der Waals surface area contributed by atoms with Crippen molar-refractivity contribution in [3.8, 4) is 22.9 Å². The van der Waals surface area contributed by atoms with Crippen LogP contribution in [0.15, 0.2) is 54.6 Å². The second kappa shape index (κ2) is 13.9. The summed E-state index contributed by atoms with van der Waals surface area (Å²) in [6, 6.07) is 16.8. The lowest BCUT2D eigenvalue weighted by Crippen LogP contribution is -2.48. The Morgan fingerprint density at radius 2 is 1.72 bits per heavy atom. The van der Waals surface area contributed by atoms with E-state index in [2.05, 4.69) is 6.07 Å². The van der Waals surface area contributed by atoms with E-state index in [4.69, 9.17) is 16.3 Å². The molecule has 246 valence electrons. The number of amides is 2. The molecule has 1 aromatic heterocycles. The summed E-state index contributed by atoms with van der Waals surface area (Å²) in [5, 5.41) is 19.0. The van der Waals surface area contributed by atoms with Crippen molar-refractivity contribution in [1.29, 1.82) is 5.26 Å². The fraction of sp³-hybridized carbons (Fsp3) is 0.361. The van der Waals surface area contributed by atoms with Crippen LogP contribution < -0.4 is 4.74 Å². The van der Waals surface area contributed by atoms with Gasteiger partial charge in [0.15, 0.2) is 0 Å². The largest absolute Gasteiger partial charge is 0.496 e. The maximum absolute atomic E-state index is 14.8. The van der Waals surface area contributed by atoms with Gasteiger partial charge in [0.2, 0.25) is 0 Å². The van der Waals surface area contributed by atoms with Crippen molar-refractivity contribution in [3.63, 3.8) is 0 Å². The maximum atomic E-state index is 14.8. The number of fused-ring (bicyclic) bond motifs is 1. The molecule has 5 rings (SSSR count). The lowest BCUT2D eigenvalue weighted by molar-refractivity contribution is 0.0535. The quantitative estimate of drug-likeness (QED) is 0.200. The van der Waals surface area contributed by atoms with Crippen molar-refractivity contribution in [3.05, 3.63) is 87.3 Å². The molecule has 0 bridgehead atoms. The standard InChI is InChI=1S/C36H36ClF2N3O4S/c1-36(2,3)42(35(44)45)19-21-8-11-26(12-9-21)41(34(43)33-31(37)30-27(38)13-14-28(39)32(30)47-33)20-25-17-24(10-15-29(25)46-4)23-7-5-6-22(16-23)18-40/h5-7,10,13-17,21,26H,8-9,11-12,19-20H2,1-4H3,(H,44,45). The number of hydrogen-bond acceptors (Lipinski definition) is 5. The highest BCUT2D eigenvalue weighted by atomic mass is 35.5. The van der Waals surface area contributed by atoms with E-state index in [9.17, 15) is 28.7 Å². The molecule has 4 aromatic rings. The number of nitriles is 1. The Morgan fingerprint density at radius 3 is 2.34 bits per heavy atom. The topological polar surface area (TPSA) is 93.9 Å². The number of carbonyl (C=O) groups excluding carboxylic acids is 1. The Labute approximate surface area is 281 Å². The summed E-state index contributed by atoms with van der Waals surface area (Å²) in [5.74, 6) is -1.14. The van der Waals surface area contributed by atoms with E-state index in [-0.39, 0.29) is 38.5 Å². The van der Waals surface area contributed by atoms with Crippen LogP contribution in [0.2, 0.25) is 5.02 Å². The average Bonchev–Trinajstić information content (AvgIpc) is 3.41. The SMILES string of the molecule is COc1ccc(-c2cccc(C#N)c2)cc1CN(C(=O)c1sc2c(F)ccc(F)c2c1Cl)C1CCC(CN(C(=O)O)C(C)(C)C)CC1. The van der Waals surface area contributed by atoms with Gasteiger partial charge in [0.1, 0.15) is 22.3 Å². The summed E-state index contributed by atoms with van der Waals surface area (Å²) >= 11 is 7.44. The molecule has 0 saturated heterocycles. The summed E-state index contributed by atoms with van der Waals surface area (Å²) in [6.07, 6.45) is 1.62. The summed E-state index contributed by atoms with van der Waals surface area (Å²) in [6.45, 7) is 6.11. The molecule has 7 nitrogen and oxygen atoms in total. The molecule has 1 aliphatic rings. The summed E-state index contributed by atoms with van der Waals surface area (Å²) in [5.41, 5.74) is 2.32. The Kier molecular flexibility index (Phi) is 10.1. The Hall–Kier alpha value is -4.20. The van der Waals surface area contributed by atoms with Gasteiger partial charge in [-0.05, 0) is 99.9 Å². The third kappa shape index (κ3) is 7.21. The first-order chi connectivity index (χ1) is 22.3. The van der Waals surface area contributed by atoms with E-state index in [1.807, 2.05) is 45.0 Å². The third-order valence-electron chi connectivity index (χ3n) is 8.82. The van der Waals surface area contributed by atoms with Crippen LogP contribution in [-0.4, -0.2) is 52.1 Å². The van der Waals surface area contributed by atoms with Crippen molar-refractivity contribution in [1.82, 2.24) is 9.80 Å². The molecule has 0 radical (unpaired) electrons. The van der Waals surface area contributed by atoms with E-state index < -0.39 is 29.2 Å². The number of halogens is 3. The number of ether oxygens (including phenoxy) is 1. The Balaban J connectivity index is 1.51. The van der Waals surface area contributed by atoms with Crippen LogP contribution >= 0.6 is 22.9 Å². The van der Waals surface area contributed by atoms with E-state index in [1.165, 1.54) is 4.90 Å². The molecular formula is C36H36ClF2N3O4S. The summed E-state index contributed by atoms with van der Waals surface area (Å²) < 4.78 is 35.2. The number of hydrogen-bond donors (Lipinski definition) is 1. The number of carboxylic acid groups (broad SMARTS) is 1. The number of methoxy groups -OCH3 is 1. The molecule has 1 saturated carbocycles. The average molecular weight is 680 g/mol. The summed E-state index contributed by atoms with van der Waals surface area (Å²) in [7, 11) is 1.55. The second-order valence-electron chi connectivity index (χ2n) is 12.9. The monoisotopic (exact) mass is 679 g/mol. The zero-order valence-corrected chi connectivity index (χ0v) is 28.2. The van der Waals surface area contributed by atoms with Gasteiger partial charge in [-0.3, -0.25) is 4.79 Å². The molecule has 3 aromatic carbocycles. The van der Waals surface area contributed by atoms with Gasteiger partial charge >= 0.3 is 6.09 Å². The van der Waals surface area contributed by atoms with Gasteiger partial charge in [-0.2, -0.15) is 5.26 Å². The number of carbonyl (C=O) groups is 2. The lowest BCUT2D eigenvalue weighted by Gasteiger charge is -2.40. The van der Waals surface area contributed by atoms with E-state index >= 15 is 0 Å². The molecule has 0 spiro atoms. The molecular weight excluding hydrogens is 644 g/mol. The van der Waals surface area contributed by atoms with Crippen LogP contribution in [0.1, 0.15) is 67.3 Å². The van der Waals surface area contributed by atoms with Crippen LogP contribution in [0.25, 0.3) is 21.2 Å². The van der Waals surface area contributed by atoms with Crippen LogP contribution in [-0.2, 0) is 6.54 Å². The van der Waals surface area contributed by atoms with Crippen LogP contribution in [0.4, 0.5) is 13.6 Å². The number of nitrogens with zero attached hydrogens (tertiary/aromatic N) is 3. The van der Waals surface area contributed by atoms with Gasteiger partial charge in [0.25, 0.3) is 5.91 Å². The van der Waals surface area contributed by atoms with Crippen molar-refractivity contribution in [2.75, 3.05) is 13.7 Å². The predicted octanol–water partition coefficient (Wildman–Crippen LogP) is 9.36. The first kappa shape index (κ1) is 34.1. The van der Waals surface area contributed by atoms with Gasteiger partial charge in [0.05, 0.1) is 33.9 Å². The zero-order valence-electron chi connectivity index (χ0n) is 26.6. The fourth-order valence-electron chi connectivity index (χ4n) is 6.30. The molecule has 1 fully saturated rings. The number of thiophene rings is 1. The second-order valence-corrected chi connectivity index (χ2v) is 14.3. The normalized spacial score (nSPS) is 16.5. The Morgan fingerprint density at radius 1 is 1.04 bits per heavy atom. The highest BCUT2D eigenvalue weighted by molar-refractivity contribution is 7.21. The molecule has 11 heteroatoms. The molecule has 0 unspecified atom stereocenters. The molecule has 0 aliphatic heterocycles. The Bertz CT molecular complexity index is 1860. The molecule has 1 aliphatic carbocycles. The van der Waals surface area contributed by atoms with Gasteiger partial charge in [-0.1, -0.05) is 29.8 Å². The maximum Gasteiger partial charge on any atom is 0.407 e. The smallest absolute Gasteiger partial charge is 0.407 e. The minimum Gasteiger partial charge on any atom is -0.496 e. The van der Waals surface area contributed by atoms with E-state index in [0.717, 1.165) is 34.6 Å². The van der Waals surface area contributed by atoms with Crippen LogP contribution in [0.3, 0.4) is 0 Å². The lowest BCUT2D eigenvalue weighted by atomic mass is 9.84. The molecule has 1 heterocycles. The van der Waals surface area contributed by atoms with Crippen LogP contribution in [0, 0.1) is 28.9 Å². The van der Waals surface area contributed by atoms with Gasteiger partial charge < -0.3 is 19.6 Å². The van der Waals surface area contributed by atoms with Crippen molar-refractivity contribution >= 4 is 45.0 Å². The molecule has 2 amide bonds. The van der Waals surface area contributed by atoms with Crippen molar-refractivity contribution in [2.45, 2.75) is 64.6 Å². The number of rotatable bonds is 8. The summed E-state index contributed by atoms with van der Waals surface area (Å²) in [4.78, 5) is 29.6. The fourth-order valence-corrected chi connectivity index (χ4v) is 7.81. The third-order valence-corrected chi connectivity index (χ3v) is 10.5.